The number of rotatable bonds is 4. The number of carbonyl (C=O) groups excluding carboxylic acids is 1. The van der Waals surface area contributed by atoms with Crippen molar-refractivity contribution in [3.05, 3.63) is 34.4 Å². The number of carbonyl (C=O) groups is 1. The number of hydrogen-bond donors (Lipinski definition) is 2. The predicted molar refractivity (Wildman–Crippen MR) is 90.2 cm³/mol. The normalized spacial score (nSPS) is 15.4. The van der Waals surface area contributed by atoms with Gasteiger partial charge in [0.1, 0.15) is 0 Å². The first-order chi connectivity index (χ1) is 9.58. The molecule has 0 bridgehead atoms. The number of benzene rings is 1. The Labute approximate surface area is 134 Å². The van der Waals surface area contributed by atoms with Crippen LogP contribution >= 0.6 is 12.4 Å². The minimum Gasteiger partial charge on any atom is -0.356 e. The summed E-state index contributed by atoms with van der Waals surface area (Å²) in [7, 11) is 0. The number of piperidine rings is 1. The molecule has 0 atom stereocenters. The molecule has 0 unspecified atom stereocenters. The molecule has 0 spiro atoms. The molecule has 1 heterocycles. The molecule has 0 radical (unpaired) electrons. The number of halogens is 1. The smallest absolute Gasteiger partial charge is 0.223 e. The van der Waals surface area contributed by atoms with E-state index in [2.05, 4.69) is 43.5 Å². The van der Waals surface area contributed by atoms with Gasteiger partial charge in [0, 0.05) is 12.5 Å². The fraction of sp³-hybridized carbons (Fsp3) is 0.588. The molecule has 0 aliphatic carbocycles. The molecule has 1 aliphatic rings. The zero-order valence-corrected chi connectivity index (χ0v) is 14.1. The van der Waals surface area contributed by atoms with Crippen LogP contribution in [0.1, 0.15) is 35.1 Å². The number of aryl methyl sites for hydroxylation is 3. The van der Waals surface area contributed by atoms with Gasteiger partial charge in [-0.1, -0.05) is 17.7 Å². The second-order valence-corrected chi connectivity index (χ2v) is 5.94. The summed E-state index contributed by atoms with van der Waals surface area (Å²) in [5.41, 5.74) is 5.35. The summed E-state index contributed by atoms with van der Waals surface area (Å²) in [6.45, 7) is 9.12. The first-order valence-electron chi connectivity index (χ1n) is 7.63. The Hall–Kier alpha value is -1.06. The Bertz CT molecular complexity index is 459. The zero-order valence-electron chi connectivity index (χ0n) is 13.3. The molecule has 118 valence electrons. The van der Waals surface area contributed by atoms with Crippen LogP contribution in [0.4, 0.5) is 0 Å². The van der Waals surface area contributed by atoms with Crippen molar-refractivity contribution in [1.29, 1.82) is 0 Å². The summed E-state index contributed by atoms with van der Waals surface area (Å²) in [5.74, 6) is 0.436. The van der Waals surface area contributed by atoms with E-state index < -0.39 is 0 Å². The van der Waals surface area contributed by atoms with Gasteiger partial charge >= 0.3 is 0 Å². The van der Waals surface area contributed by atoms with Crippen molar-refractivity contribution in [2.45, 2.75) is 40.0 Å². The highest BCUT2D eigenvalue weighted by Crippen LogP contribution is 2.17. The van der Waals surface area contributed by atoms with Crippen molar-refractivity contribution in [3.8, 4) is 0 Å². The van der Waals surface area contributed by atoms with E-state index in [1.54, 1.807) is 0 Å². The van der Waals surface area contributed by atoms with Gasteiger partial charge in [-0.2, -0.15) is 0 Å². The average molecular weight is 311 g/mol. The molecule has 1 fully saturated rings. The lowest BCUT2D eigenvalue weighted by Crippen LogP contribution is -2.38. The van der Waals surface area contributed by atoms with Crippen LogP contribution in [-0.2, 0) is 11.2 Å². The van der Waals surface area contributed by atoms with E-state index in [1.165, 1.54) is 22.3 Å². The lowest BCUT2D eigenvalue weighted by atomic mass is 9.96. The third kappa shape index (κ3) is 5.01. The van der Waals surface area contributed by atoms with Gasteiger partial charge in [0.2, 0.25) is 5.91 Å². The quantitative estimate of drug-likeness (QED) is 0.898. The highest BCUT2D eigenvalue weighted by atomic mass is 35.5. The molecule has 1 amide bonds. The van der Waals surface area contributed by atoms with Gasteiger partial charge in [0.15, 0.2) is 0 Å². The summed E-state index contributed by atoms with van der Waals surface area (Å²) >= 11 is 0. The van der Waals surface area contributed by atoms with Crippen molar-refractivity contribution in [1.82, 2.24) is 10.6 Å². The highest BCUT2D eigenvalue weighted by Gasteiger charge is 2.20. The fourth-order valence-corrected chi connectivity index (χ4v) is 3.14. The summed E-state index contributed by atoms with van der Waals surface area (Å²) in [6, 6.07) is 4.44. The van der Waals surface area contributed by atoms with Crippen molar-refractivity contribution in [2.75, 3.05) is 19.6 Å². The van der Waals surface area contributed by atoms with E-state index in [1.807, 2.05) is 0 Å². The third-order valence-electron chi connectivity index (χ3n) is 4.22. The van der Waals surface area contributed by atoms with Crippen molar-refractivity contribution in [3.63, 3.8) is 0 Å². The molecular formula is C17H27ClN2O. The van der Waals surface area contributed by atoms with E-state index in [9.17, 15) is 4.79 Å². The standard InChI is InChI=1S/C17H26N2O.ClH/c1-12-10-13(2)16(14(3)11-12)6-9-19-17(20)15-4-7-18-8-5-15;/h10-11,15,18H,4-9H2,1-3H3,(H,19,20);1H. The second kappa shape index (κ2) is 8.40. The minimum absolute atomic E-state index is 0. The zero-order chi connectivity index (χ0) is 14.5. The lowest BCUT2D eigenvalue weighted by molar-refractivity contribution is -0.125. The van der Waals surface area contributed by atoms with Crippen LogP contribution < -0.4 is 10.6 Å². The van der Waals surface area contributed by atoms with Crippen LogP contribution in [0.25, 0.3) is 0 Å². The summed E-state index contributed by atoms with van der Waals surface area (Å²) < 4.78 is 0. The summed E-state index contributed by atoms with van der Waals surface area (Å²) in [5, 5.41) is 6.39. The number of nitrogens with one attached hydrogen (secondary N) is 2. The molecule has 0 saturated carbocycles. The molecule has 1 aliphatic heterocycles. The van der Waals surface area contributed by atoms with Crippen LogP contribution in [0.2, 0.25) is 0 Å². The Morgan fingerprint density at radius 1 is 1.19 bits per heavy atom. The van der Waals surface area contributed by atoms with Gasteiger partial charge in [-0.05, 0) is 69.8 Å². The van der Waals surface area contributed by atoms with Gasteiger partial charge in [-0.15, -0.1) is 12.4 Å². The molecule has 3 nitrogen and oxygen atoms in total. The topological polar surface area (TPSA) is 41.1 Å². The molecule has 0 aromatic heterocycles. The van der Waals surface area contributed by atoms with Crippen molar-refractivity contribution >= 4 is 18.3 Å². The Balaban J connectivity index is 0.00000220. The van der Waals surface area contributed by atoms with E-state index in [4.69, 9.17) is 0 Å². The second-order valence-electron chi connectivity index (χ2n) is 5.94. The van der Waals surface area contributed by atoms with E-state index in [0.29, 0.717) is 0 Å². The molecular weight excluding hydrogens is 284 g/mol. The predicted octanol–water partition coefficient (Wildman–Crippen LogP) is 2.69. The third-order valence-corrected chi connectivity index (χ3v) is 4.22. The Morgan fingerprint density at radius 2 is 1.76 bits per heavy atom. The van der Waals surface area contributed by atoms with E-state index in [-0.39, 0.29) is 24.2 Å². The fourth-order valence-electron chi connectivity index (χ4n) is 3.14. The van der Waals surface area contributed by atoms with Crippen LogP contribution in [-0.4, -0.2) is 25.5 Å². The molecule has 2 rings (SSSR count). The first-order valence-corrected chi connectivity index (χ1v) is 7.63. The van der Waals surface area contributed by atoms with Gasteiger partial charge < -0.3 is 10.6 Å². The SMILES string of the molecule is Cc1cc(C)c(CCNC(=O)C2CCNCC2)c(C)c1.Cl. The van der Waals surface area contributed by atoms with Crippen LogP contribution in [0.3, 0.4) is 0 Å². The van der Waals surface area contributed by atoms with Crippen LogP contribution in [0, 0.1) is 26.7 Å². The van der Waals surface area contributed by atoms with Gasteiger partial charge in [-0.25, -0.2) is 0 Å². The van der Waals surface area contributed by atoms with E-state index in [0.717, 1.165) is 38.9 Å². The molecule has 21 heavy (non-hydrogen) atoms. The monoisotopic (exact) mass is 310 g/mol. The lowest BCUT2D eigenvalue weighted by Gasteiger charge is -2.22. The summed E-state index contributed by atoms with van der Waals surface area (Å²) in [4.78, 5) is 12.1. The maximum Gasteiger partial charge on any atom is 0.223 e. The maximum absolute atomic E-state index is 12.1. The van der Waals surface area contributed by atoms with Crippen LogP contribution in [0.15, 0.2) is 12.1 Å². The summed E-state index contributed by atoms with van der Waals surface area (Å²) in [6.07, 6.45) is 2.86. The number of amides is 1. The molecule has 1 aromatic carbocycles. The Kier molecular flexibility index (Phi) is 7.20. The Morgan fingerprint density at radius 3 is 2.33 bits per heavy atom. The molecule has 1 saturated heterocycles. The number of hydrogen-bond acceptors (Lipinski definition) is 2. The van der Waals surface area contributed by atoms with Crippen molar-refractivity contribution < 1.29 is 4.79 Å². The maximum atomic E-state index is 12.1. The van der Waals surface area contributed by atoms with Gasteiger partial charge in [0.25, 0.3) is 0 Å². The molecule has 4 heteroatoms. The highest BCUT2D eigenvalue weighted by molar-refractivity contribution is 5.85. The minimum atomic E-state index is 0. The molecule has 1 aromatic rings. The van der Waals surface area contributed by atoms with Gasteiger partial charge in [0.05, 0.1) is 0 Å². The average Bonchev–Trinajstić information content (AvgIpc) is 2.42. The van der Waals surface area contributed by atoms with E-state index >= 15 is 0 Å². The van der Waals surface area contributed by atoms with Gasteiger partial charge in [-0.3, -0.25) is 4.79 Å². The van der Waals surface area contributed by atoms with Crippen molar-refractivity contribution in [2.24, 2.45) is 5.92 Å². The molecule has 2 N–H and O–H groups in total. The largest absolute Gasteiger partial charge is 0.356 e. The first kappa shape index (κ1) is 18.0. The van der Waals surface area contributed by atoms with Crippen LogP contribution in [0.5, 0.6) is 0 Å².